The molecule has 0 saturated carbocycles. The van der Waals surface area contributed by atoms with Crippen molar-refractivity contribution >= 4 is 3.81 Å². The maximum Gasteiger partial charge on any atom is -0.0253 e. The second kappa shape index (κ2) is 12.4. The zero-order valence-corrected chi connectivity index (χ0v) is 17.0. The van der Waals surface area contributed by atoms with Gasteiger partial charge in [0.25, 0.3) is 0 Å². The van der Waals surface area contributed by atoms with Gasteiger partial charge in [0.15, 0.2) is 0 Å². The Kier molecular flexibility index (Phi) is 12.0. The molecule has 0 N–H and O–H groups in total. The van der Waals surface area contributed by atoms with Gasteiger partial charge in [-0.3, -0.25) is 6.08 Å². The van der Waals surface area contributed by atoms with Crippen LogP contribution in [0.2, 0.25) is 0 Å². The number of rotatable bonds is 0. The minimum Gasteiger partial charge on any atom is -1.00 e. The molecule has 0 radical (unpaired) electrons. The predicted molar refractivity (Wildman–Crippen MR) is 91.4 cm³/mol. The first-order valence-electron chi connectivity index (χ1n) is 7.50. The molecular weight excluding hydrogens is 371 g/mol. The summed E-state index contributed by atoms with van der Waals surface area (Å²) >= 11 is 2.08. The molecule has 0 aliphatic heterocycles. The molecule has 0 saturated heterocycles. The van der Waals surface area contributed by atoms with Gasteiger partial charge in [0, 0.05) is 0 Å². The molecule has 0 spiro atoms. The normalized spacial score (nSPS) is 11.5. The van der Waals surface area contributed by atoms with Gasteiger partial charge in [0.2, 0.25) is 0 Å². The van der Waals surface area contributed by atoms with Crippen LogP contribution in [-0.4, -0.2) is 3.81 Å². The van der Waals surface area contributed by atoms with Crippen molar-refractivity contribution in [3.63, 3.8) is 0 Å². The first-order chi connectivity index (χ1) is 10.7. The van der Waals surface area contributed by atoms with E-state index in [1.54, 1.807) is 0 Å². The summed E-state index contributed by atoms with van der Waals surface area (Å²) < 4.78 is 1.42. The predicted octanol–water partition coefficient (Wildman–Crippen LogP) is -0.883. The molecule has 2 aliphatic carbocycles. The molecule has 0 atom stereocenters. The summed E-state index contributed by atoms with van der Waals surface area (Å²) in [7, 11) is 0. The van der Waals surface area contributed by atoms with E-state index in [1.165, 1.54) is 26.1 Å². The maximum atomic E-state index is 3.30. The summed E-state index contributed by atoms with van der Waals surface area (Å²) in [4.78, 5) is 0. The van der Waals surface area contributed by atoms with Gasteiger partial charge in [-0.25, -0.2) is 12.2 Å². The summed E-state index contributed by atoms with van der Waals surface area (Å²) in [6, 6.07) is 18.1. The fourth-order valence-electron chi connectivity index (χ4n) is 2.34. The van der Waals surface area contributed by atoms with Crippen molar-refractivity contribution in [3.8, 4) is 11.1 Å². The number of hydrogen-bond acceptors (Lipinski definition) is 0. The number of hydrogen-bond donors (Lipinski definition) is 0. The molecule has 2 aromatic carbocycles. The molecule has 0 fully saturated rings. The summed E-state index contributed by atoms with van der Waals surface area (Å²) in [5, 5.41) is 0. The third kappa shape index (κ3) is 7.32. The summed E-state index contributed by atoms with van der Waals surface area (Å²) in [5.74, 6) is 0. The van der Waals surface area contributed by atoms with Gasteiger partial charge < -0.3 is 24.8 Å². The van der Waals surface area contributed by atoms with Crippen LogP contribution in [0, 0.1) is 12.1 Å². The van der Waals surface area contributed by atoms with Crippen molar-refractivity contribution in [2.75, 3.05) is 0 Å². The summed E-state index contributed by atoms with van der Waals surface area (Å²) in [6.45, 7) is 4.17. The van der Waals surface area contributed by atoms with E-state index in [1.807, 2.05) is 18.2 Å². The molecule has 2 aromatic rings. The van der Waals surface area contributed by atoms with Crippen LogP contribution in [-0.2, 0) is 26.4 Å². The average Bonchev–Trinajstić information content (AvgIpc) is 3.18. The Labute approximate surface area is 169 Å². The number of fused-ring (bicyclic) bond motifs is 3. The Balaban J connectivity index is 0.000000409. The summed E-state index contributed by atoms with van der Waals surface area (Å²) in [5.41, 5.74) is 5.51. The molecule has 0 unspecified atom stereocenters. The standard InChI is InChI=1S/C13H9.C5H5.C3H6.2ClH.Ti/c1-3-7-12-10(5-1)9-11-6-2-4-8-13(11)12;1-2-4-5-3-1;1-3-2;;;/h1-5,7-8H,9H2;1-3H,4H2;1-2H3;2*1H;/q2*-1;;;;+2/p-2. The zero-order valence-electron chi connectivity index (χ0n) is 13.9. The van der Waals surface area contributed by atoms with Crippen LogP contribution in [0.4, 0.5) is 0 Å². The van der Waals surface area contributed by atoms with Crippen LogP contribution in [0.15, 0.2) is 60.7 Å². The Hall–Kier alpha value is -0.916. The van der Waals surface area contributed by atoms with E-state index >= 15 is 0 Å². The molecule has 0 heterocycles. The molecule has 4 rings (SSSR count). The van der Waals surface area contributed by atoms with Crippen LogP contribution in [0.25, 0.3) is 11.1 Å². The van der Waals surface area contributed by atoms with Gasteiger partial charge >= 0.3 is 37.6 Å². The zero-order chi connectivity index (χ0) is 15.8. The third-order valence-electron chi connectivity index (χ3n) is 3.20. The van der Waals surface area contributed by atoms with Crippen molar-refractivity contribution in [3.05, 3.63) is 84.0 Å². The Morgan fingerprint density at radius 2 is 1.67 bits per heavy atom. The number of halogens is 2. The Morgan fingerprint density at radius 3 is 2.25 bits per heavy atom. The van der Waals surface area contributed by atoms with Gasteiger partial charge in [0.05, 0.1) is 0 Å². The van der Waals surface area contributed by atoms with Crippen molar-refractivity contribution < 1.29 is 44.8 Å². The van der Waals surface area contributed by atoms with Crippen molar-refractivity contribution in [2.45, 2.75) is 26.7 Å². The van der Waals surface area contributed by atoms with Gasteiger partial charge in [0.1, 0.15) is 0 Å². The number of allylic oxidation sites excluding steroid dienone is 4. The minimum absolute atomic E-state index is 0. The SMILES string of the molecule is C[C](C)=[Ti+2].[C-]1=CC=CC1.[Cl-].[Cl-].[c-]1cccc2c1Cc1ccccc1-2. The number of benzene rings is 2. The largest absolute Gasteiger partial charge is 1.00 e. The van der Waals surface area contributed by atoms with Gasteiger partial charge in [-0.15, -0.1) is 12.0 Å². The third-order valence-corrected chi connectivity index (χ3v) is 3.20. The van der Waals surface area contributed by atoms with E-state index in [2.05, 4.69) is 88.4 Å². The van der Waals surface area contributed by atoms with E-state index in [4.69, 9.17) is 0 Å². The fourth-order valence-corrected chi connectivity index (χ4v) is 2.34. The average molecular weight is 391 g/mol. The van der Waals surface area contributed by atoms with Crippen LogP contribution in [0.5, 0.6) is 0 Å². The van der Waals surface area contributed by atoms with E-state index in [0.29, 0.717) is 0 Å². The monoisotopic (exact) mass is 390 g/mol. The second-order valence-corrected chi connectivity index (χ2v) is 6.96. The second-order valence-electron chi connectivity index (χ2n) is 5.40. The molecule has 0 amide bonds. The Bertz CT molecular complexity index is 645. The van der Waals surface area contributed by atoms with Gasteiger partial charge in [-0.05, 0) is 6.42 Å². The maximum absolute atomic E-state index is 3.30. The molecule has 0 aromatic heterocycles. The van der Waals surface area contributed by atoms with E-state index < -0.39 is 0 Å². The molecule has 0 bridgehead atoms. The molecule has 3 heteroatoms. The van der Waals surface area contributed by atoms with E-state index in [-0.39, 0.29) is 24.8 Å². The summed E-state index contributed by atoms with van der Waals surface area (Å²) in [6.07, 6.45) is 11.0. The van der Waals surface area contributed by atoms with Crippen molar-refractivity contribution in [2.24, 2.45) is 0 Å². The van der Waals surface area contributed by atoms with E-state index in [0.717, 1.165) is 12.8 Å². The van der Waals surface area contributed by atoms with Crippen LogP contribution < -0.4 is 24.8 Å². The van der Waals surface area contributed by atoms with Crippen LogP contribution in [0.3, 0.4) is 0 Å². The van der Waals surface area contributed by atoms with Crippen LogP contribution in [0.1, 0.15) is 31.4 Å². The topological polar surface area (TPSA) is 0 Å². The molecule has 2 aliphatic rings. The molecule has 124 valence electrons. The smallest absolute Gasteiger partial charge is 0.0253 e. The van der Waals surface area contributed by atoms with Crippen molar-refractivity contribution in [1.82, 2.24) is 0 Å². The van der Waals surface area contributed by atoms with Gasteiger partial charge in [-0.2, -0.15) is 35.9 Å². The fraction of sp³-hybridized carbons (Fsp3) is 0.190. The molecule has 0 nitrogen and oxygen atoms in total. The quantitative estimate of drug-likeness (QED) is 0.345. The first kappa shape index (κ1) is 23.1. The van der Waals surface area contributed by atoms with Crippen molar-refractivity contribution in [1.29, 1.82) is 0 Å². The Morgan fingerprint density at radius 1 is 1.00 bits per heavy atom. The minimum atomic E-state index is 0. The molecular formula is C21H20Cl2Ti-2. The van der Waals surface area contributed by atoms with Crippen LogP contribution >= 0.6 is 0 Å². The van der Waals surface area contributed by atoms with E-state index in [9.17, 15) is 0 Å². The first-order valence-corrected chi connectivity index (χ1v) is 8.28. The molecule has 24 heavy (non-hydrogen) atoms. The van der Waals surface area contributed by atoms with Gasteiger partial charge in [-0.1, -0.05) is 35.4 Å².